The fourth-order valence-electron chi connectivity index (χ4n) is 1.54. The molecule has 76 valence electrons. The number of nitrogens with one attached hydrogen (secondary N) is 1. The van der Waals surface area contributed by atoms with Gasteiger partial charge in [-0.3, -0.25) is 0 Å². The van der Waals surface area contributed by atoms with Crippen LogP contribution >= 0.6 is 0 Å². The van der Waals surface area contributed by atoms with E-state index in [4.69, 9.17) is 0 Å². The fourth-order valence-corrected chi connectivity index (χ4v) is 1.54. The van der Waals surface area contributed by atoms with Crippen LogP contribution in [0.2, 0.25) is 0 Å². The highest BCUT2D eigenvalue weighted by molar-refractivity contribution is 5.22. The van der Waals surface area contributed by atoms with Gasteiger partial charge in [0.05, 0.1) is 0 Å². The van der Waals surface area contributed by atoms with Crippen LogP contribution in [0.4, 0.5) is 13.2 Å². The van der Waals surface area contributed by atoms with Crippen molar-refractivity contribution in [2.45, 2.75) is 6.42 Å². The molecule has 4 heteroatoms. The van der Waals surface area contributed by atoms with Crippen LogP contribution in [0.5, 0.6) is 0 Å². The van der Waals surface area contributed by atoms with Gasteiger partial charge in [-0.15, -0.1) is 0 Å². The quantitative estimate of drug-likeness (QED) is 0.720. The number of halogens is 3. The van der Waals surface area contributed by atoms with E-state index in [0.717, 1.165) is 25.2 Å². The minimum Gasteiger partial charge on any atom is -0.316 e. The smallest absolute Gasteiger partial charge is 0.164 e. The molecule has 1 aliphatic heterocycles. The fraction of sp³-hybridized carbons (Fsp3) is 0.400. The average Bonchev–Trinajstić information content (AvgIpc) is 2.09. The summed E-state index contributed by atoms with van der Waals surface area (Å²) in [5.74, 6) is -2.46. The Kier molecular flexibility index (Phi) is 2.46. The molecule has 0 amide bonds. The maximum absolute atomic E-state index is 13.1. The molecule has 0 saturated carbocycles. The van der Waals surface area contributed by atoms with E-state index in [9.17, 15) is 13.2 Å². The molecule has 1 aromatic rings. The minimum atomic E-state index is -1.04. The maximum Gasteiger partial charge on any atom is 0.164 e. The molecular weight excluding hydrogens is 191 g/mol. The first-order valence-electron chi connectivity index (χ1n) is 4.51. The zero-order valence-corrected chi connectivity index (χ0v) is 7.49. The Hall–Kier alpha value is -1.03. The predicted molar refractivity (Wildman–Crippen MR) is 46.4 cm³/mol. The molecule has 1 heterocycles. The van der Waals surface area contributed by atoms with Crippen LogP contribution in [0.15, 0.2) is 12.1 Å². The molecule has 14 heavy (non-hydrogen) atoms. The van der Waals surface area contributed by atoms with Crippen LogP contribution in [-0.2, 0) is 6.42 Å². The highest BCUT2D eigenvalue weighted by Gasteiger charge is 2.22. The van der Waals surface area contributed by atoms with Crippen LogP contribution in [0.25, 0.3) is 0 Å². The van der Waals surface area contributed by atoms with E-state index in [1.54, 1.807) is 0 Å². The van der Waals surface area contributed by atoms with E-state index in [0.29, 0.717) is 0 Å². The summed E-state index contributed by atoms with van der Waals surface area (Å²) in [4.78, 5) is 0. The average molecular weight is 201 g/mol. The van der Waals surface area contributed by atoms with Gasteiger partial charge in [-0.25, -0.2) is 13.2 Å². The van der Waals surface area contributed by atoms with Crippen molar-refractivity contribution in [1.82, 2.24) is 5.32 Å². The molecule has 0 aromatic heterocycles. The van der Waals surface area contributed by atoms with E-state index >= 15 is 0 Å². The summed E-state index contributed by atoms with van der Waals surface area (Å²) in [5.41, 5.74) is -0.128. The van der Waals surface area contributed by atoms with Gasteiger partial charge >= 0.3 is 0 Å². The summed E-state index contributed by atoms with van der Waals surface area (Å²) in [5, 5.41) is 3.00. The second-order valence-electron chi connectivity index (χ2n) is 3.55. The molecule has 1 aromatic carbocycles. The lowest BCUT2D eigenvalue weighted by atomic mass is 9.94. The summed E-state index contributed by atoms with van der Waals surface area (Å²) in [7, 11) is 0. The summed E-state index contributed by atoms with van der Waals surface area (Å²) < 4.78 is 39.0. The predicted octanol–water partition coefficient (Wildman–Crippen LogP) is 1.87. The Balaban J connectivity index is 2.25. The Morgan fingerprint density at radius 1 is 1.14 bits per heavy atom. The van der Waals surface area contributed by atoms with Crippen LogP contribution in [0, 0.1) is 23.4 Å². The van der Waals surface area contributed by atoms with Crippen molar-refractivity contribution in [2.24, 2.45) is 5.92 Å². The molecular formula is C10H10F3N. The number of benzene rings is 1. The van der Waals surface area contributed by atoms with Crippen molar-refractivity contribution in [2.75, 3.05) is 13.1 Å². The second-order valence-corrected chi connectivity index (χ2v) is 3.55. The highest BCUT2D eigenvalue weighted by Crippen LogP contribution is 2.20. The van der Waals surface area contributed by atoms with Crippen LogP contribution in [0.1, 0.15) is 5.56 Å². The molecule has 2 rings (SSSR count). The van der Waals surface area contributed by atoms with Gasteiger partial charge in [-0.05, 0) is 37.6 Å². The third kappa shape index (κ3) is 1.62. The SMILES string of the molecule is Fc1ccc(F)c(CC2CNC2)c1F. The van der Waals surface area contributed by atoms with E-state index in [2.05, 4.69) is 5.32 Å². The van der Waals surface area contributed by atoms with Gasteiger partial charge < -0.3 is 5.32 Å². The summed E-state index contributed by atoms with van der Waals surface area (Å²) in [6, 6.07) is 1.78. The Bertz CT molecular complexity index is 347. The monoisotopic (exact) mass is 201 g/mol. The summed E-state index contributed by atoms with van der Waals surface area (Å²) in [6.07, 6.45) is 0.266. The second kappa shape index (κ2) is 3.61. The van der Waals surface area contributed by atoms with Crippen molar-refractivity contribution in [1.29, 1.82) is 0 Å². The normalized spacial score (nSPS) is 16.8. The van der Waals surface area contributed by atoms with Gasteiger partial charge in [-0.1, -0.05) is 0 Å². The highest BCUT2D eigenvalue weighted by atomic mass is 19.2. The topological polar surface area (TPSA) is 12.0 Å². The Labute approximate surface area is 79.9 Å². The zero-order chi connectivity index (χ0) is 10.1. The van der Waals surface area contributed by atoms with Crippen molar-refractivity contribution in [3.05, 3.63) is 35.1 Å². The standard InChI is InChI=1S/C10H10F3N/c11-8-1-2-9(12)10(13)7(8)3-6-4-14-5-6/h1-2,6,14H,3-5H2. The summed E-state index contributed by atoms with van der Waals surface area (Å²) in [6.45, 7) is 1.49. The Morgan fingerprint density at radius 3 is 2.36 bits per heavy atom. The molecule has 0 spiro atoms. The van der Waals surface area contributed by atoms with Crippen molar-refractivity contribution in [3.63, 3.8) is 0 Å². The number of hydrogen-bond acceptors (Lipinski definition) is 1. The number of rotatable bonds is 2. The molecule has 1 fully saturated rings. The van der Waals surface area contributed by atoms with E-state index in [1.807, 2.05) is 0 Å². The first-order chi connectivity index (χ1) is 6.68. The maximum atomic E-state index is 13.1. The first kappa shape index (κ1) is 9.52. The Morgan fingerprint density at radius 2 is 1.79 bits per heavy atom. The van der Waals surface area contributed by atoms with Gasteiger partial charge in [0.1, 0.15) is 5.82 Å². The zero-order valence-electron chi connectivity index (χ0n) is 7.49. The summed E-state index contributed by atoms with van der Waals surface area (Å²) >= 11 is 0. The molecule has 1 nitrogen and oxygen atoms in total. The first-order valence-corrected chi connectivity index (χ1v) is 4.51. The van der Waals surface area contributed by atoms with Crippen molar-refractivity contribution >= 4 is 0 Å². The van der Waals surface area contributed by atoms with E-state index in [1.165, 1.54) is 0 Å². The molecule has 0 aliphatic carbocycles. The third-order valence-electron chi connectivity index (χ3n) is 2.50. The van der Waals surface area contributed by atoms with Crippen LogP contribution < -0.4 is 5.32 Å². The van der Waals surface area contributed by atoms with Gasteiger partial charge in [0.15, 0.2) is 11.6 Å². The molecule has 0 unspecified atom stereocenters. The minimum absolute atomic E-state index is 0.128. The van der Waals surface area contributed by atoms with Crippen LogP contribution in [0.3, 0.4) is 0 Å². The van der Waals surface area contributed by atoms with Gasteiger partial charge in [0.25, 0.3) is 0 Å². The molecule has 0 bridgehead atoms. The van der Waals surface area contributed by atoms with Crippen LogP contribution in [-0.4, -0.2) is 13.1 Å². The molecule has 1 saturated heterocycles. The van der Waals surface area contributed by atoms with Crippen molar-refractivity contribution < 1.29 is 13.2 Å². The van der Waals surface area contributed by atoms with Gasteiger partial charge in [-0.2, -0.15) is 0 Å². The van der Waals surface area contributed by atoms with E-state index < -0.39 is 17.5 Å². The van der Waals surface area contributed by atoms with Gasteiger partial charge in [0.2, 0.25) is 0 Å². The third-order valence-corrected chi connectivity index (χ3v) is 2.50. The van der Waals surface area contributed by atoms with Crippen molar-refractivity contribution in [3.8, 4) is 0 Å². The molecule has 1 aliphatic rings. The van der Waals surface area contributed by atoms with Gasteiger partial charge in [0, 0.05) is 5.56 Å². The lowest BCUT2D eigenvalue weighted by molar-refractivity contribution is 0.335. The molecule has 1 N–H and O–H groups in total. The number of hydrogen-bond donors (Lipinski definition) is 1. The lowest BCUT2D eigenvalue weighted by Gasteiger charge is -2.27. The molecule has 0 radical (unpaired) electrons. The largest absolute Gasteiger partial charge is 0.316 e. The molecule has 0 atom stereocenters. The van der Waals surface area contributed by atoms with E-state index in [-0.39, 0.29) is 17.9 Å². The lowest BCUT2D eigenvalue weighted by Crippen LogP contribution is -2.43.